The molecule has 0 radical (unpaired) electrons. The Bertz CT molecular complexity index is 175. The molecule has 0 aromatic carbocycles. The Hall–Kier alpha value is -0.0800. The van der Waals surface area contributed by atoms with Gasteiger partial charge in [-0.3, -0.25) is 0 Å². The van der Waals surface area contributed by atoms with Crippen LogP contribution in [0.1, 0.15) is 51.9 Å². The van der Waals surface area contributed by atoms with E-state index in [9.17, 15) is 0 Å². The van der Waals surface area contributed by atoms with Crippen molar-refractivity contribution in [2.75, 3.05) is 13.1 Å². The van der Waals surface area contributed by atoms with Gasteiger partial charge < -0.3 is 10.6 Å². The van der Waals surface area contributed by atoms with E-state index in [1.54, 1.807) is 0 Å². The van der Waals surface area contributed by atoms with Gasteiger partial charge in [-0.1, -0.05) is 26.2 Å². The third-order valence-electron chi connectivity index (χ3n) is 3.83. The summed E-state index contributed by atoms with van der Waals surface area (Å²) in [4.78, 5) is 0. The van der Waals surface area contributed by atoms with Crippen molar-refractivity contribution in [1.82, 2.24) is 10.6 Å². The second-order valence-corrected chi connectivity index (χ2v) is 5.10. The van der Waals surface area contributed by atoms with Crippen molar-refractivity contribution in [3.05, 3.63) is 0 Å². The average Bonchev–Trinajstić information content (AvgIpc) is 2.17. The molecule has 2 rings (SSSR count). The summed E-state index contributed by atoms with van der Waals surface area (Å²) in [6.45, 7) is 4.67. The van der Waals surface area contributed by atoms with Gasteiger partial charge in [0.2, 0.25) is 0 Å². The summed E-state index contributed by atoms with van der Waals surface area (Å²) < 4.78 is 0. The van der Waals surface area contributed by atoms with Gasteiger partial charge >= 0.3 is 0 Å². The Labute approximate surface area is 87.8 Å². The third kappa shape index (κ3) is 2.29. The fourth-order valence-corrected chi connectivity index (χ4v) is 2.76. The van der Waals surface area contributed by atoms with Crippen LogP contribution in [0.2, 0.25) is 0 Å². The van der Waals surface area contributed by atoms with Crippen molar-refractivity contribution in [3.63, 3.8) is 0 Å². The smallest absolute Gasteiger partial charge is 0.0309 e. The molecule has 82 valence electrons. The van der Waals surface area contributed by atoms with Crippen molar-refractivity contribution >= 4 is 0 Å². The van der Waals surface area contributed by atoms with Crippen LogP contribution in [0.5, 0.6) is 0 Å². The second-order valence-electron chi connectivity index (χ2n) is 5.10. The van der Waals surface area contributed by atoms with Crippen LogP contribution >= 0.6 is 0 Å². The van der Waals surface area contributed by atoms with Gasteiger partial charge in [0.15, 0.2) is 0 Å². The minimum absolute atomic E-state index is 0.509. The summed E-state index contributed by atoms with van der Waals surface area (Å²) in [5.41, 5.74) is 0.509. The lowest BCUT2D eigenvalue weighted by molar-refractivity contribution is 0.124. The molecule has 0 unspecified atom stereocenters. The normalized spacial score (nSPS) is 30.2. The number of piperazine rings is 1. The summed E-state index contributed by atoms with van der Waals surface area (Å²) >= 11 is 0. The molecule has 14 heavy (non-hydrogen) atoms. The van der Waals surface area contributed by atoms with E-state index < -0.39 is 0 Å². The fourth-order valence-electron chi connectivity index (χ4n) is 2.76. The van der Waals surface area contributed by atoms with Crippen molar-refractivity contribution in [3.8, 4) is 0 Å². The van der Waals surface area contributed by atoms with Gasteiger partial charge in [0.05, 0.1) is 0 Å². The van der Waals surface area contributed by atoms with Crippen LogP contribution in [-0.2, 0) is 0 Å². The third-order valence-corrected chi connectivity index (χ3v) is 3.83. The summed E-state index contributed by atoms with van der Waals surface area (Å²) in [5.74, 6) is 0. The van der Waals surface area contributed by atoms with Crippen LogP contribution in [0.4, 0.5) is 0 Å². The quantitative estimate of drug-likeness (QED) is 0.672. The van der Waals surface area contributed by atoms with Crippen molar-refractivity contribution < 1.29 is 0 Å². The first-order chi connectivity index (χ1) is 6.85. The van der Waals surface area contributed by atoms with Crippen LogP contribution in [-0.4, -0.2) is 24.7 Å². The maximum Gasteiger partial charge on any atom is 0.0309 e. The maximum absolute atomic E-state index is 3.86. The van der Waals surface area contributed by atoms with E-state index in [4.69, 9.17) is 0 Å². The average molecular weight is 196 g/mol. The first kappa shape index (κ1) is 10.4. The molecule has 2 aliphatic rings. The van der Waals surface area contributed by atoms with E-state index in [1.807, 2.05) is 0 Å². The first-order valence-electron chi connectivity index (χ1n) is 6.33. The lowest BCUT2D eigenvalue weighted by Crippen LogP contribution is -2.66. The molecule has 1 spiro atoms. The van der Waals surface area contributed by atoms with Gasteiger partial charge in [-0.05, 0) is 25.7 Å². The molecule has 1 atom stereocenters. The summed E-state index contributed by atoms with van der Waals surface area (Å²) in [6, 6.07) is 0.746. The van der Waals surface area contributed by atoms with E-state index in [0.717, 1.165) is 6.04 Å². The predicted octanol–water partition coefficient (Wildman–Crippen LogP) is 2.05. The van der Waals surface area contributed by atoms with Crippen LogP contribution in [0.25, 0.3) is 0 Å². The topological polar surface area (TPSA) is 24.1 Å². The monoisotopic (exact) mass is 196 g/mol. The summed E-state index contributed by atoms with van der Waals surface area (Å²) in [6.07, 6.45) is 9.70. The predicted molar refractivity (Wildman–Crippen MR) is 60.5 cm³/mol. The number of unbranched alkanes of at least 4 members (excludes halogenated alkanes) is 2. The van der Waals surface area contributed by atoms with E-state index in [1.165, 1.54) is 58.0 Å². The lowest BCUT2D eigenvalue weighted by atomic mass is 9.74. The molecule has 2 heteroatoms. The molecule has 1 saturated heterocycles. The SMILES string of the molecule is CCCCC[C@@H]1CNCC2(CCC2)N1. The van der Waals surface area contributed by atoms with Gasteiger partial charge in [0.1, 0.15) is 0 Å². The Kier molecular flexibility index (Phi) is 3.45. The molecule has 1 aliphatic carbocycles. The molecule has 2 nitrogen and oxygen atoms in total. The minimum Gasteiger partial charge on any atom is -0.313 e. The molecule has 0 bridgehead atoms. The molecule has 0 aromatic rings. The Morgan fingerprint density at radius 1 is 1.29 bits per heavy atom. The number of hydrogen-bond acceptors (Lipinski definition) is 2. The summed E-state index contributed by atoms with van der Waals surface area (Å²) in [5, 5.41) is 7.45. The highest BCUT2D eigenvalue weighted by molar-refractivity contribution is 5.02. The minimum atomic E-state index is 0.509. The zero-order chi connectivity index (χ0) is 9.86. The van der Waals surface area contributed by atoms with Gasteiger partial charge in [-0.25, -0.2) is 0 Å². The molecule has 1 aliphatic heterocycles. The molecule has 2 N–H and O–H groups in total. The number of nitrogens with one attached hydrogen (secondary N) is 2. The maximum atomic E-state index is 3.86. The van der Waals surface area contributed by atoms with E-state index >= 15 is 0 Å². The highest BCUT2D eigenvalue weighted by atomic mass is 15.1. The van der Waals surface area contributed by atoms with Crippen LogP contribution < -0.4 is 10.6 Å². The van der Waals surface area contributed by atoms with Crippen molar-refractivity contribution in [1.29, 1.82) is 0 Å². The molecule has 2 fully saturated rings. The molecular formula is C12H24N2. The number of hydrogen-bond donors (Lipinski definition) is 2. The zero-order valence-electron chi connectivity index (χ0n) is 9.44. The Morgan fingerprint density at radius 2 is 2.14 bits per heavy atom. The van der Waals surface area contributed by atoms with Gasteiger partial charge in [-0.15, -0.1) is 0 Å². The van der Waals surface area contributed by atoms with Crippen LogP contribution in [0.15, 0.2) is 0 Å². The Balaban J connectivity index is 1.71. The standard InChI is InChI=1S/C12H24N2/c1-2-3-4-6-11-9-13-10-12(14-11)7-5-8-12/h11,13-14H,2-10H2,1H3/t11-/m1/s1. The lowest BCUT2D eigenvalue weighted by Gasteiger charge is -2.49. The molecule has 1 saturated carbocycles. The van der Waals surface area contributed by atoms with E-state index in [0.29, 0.717) is 5.54 Å². The largest absolute Gasteiger partial charge is 0.313 e. The van der Waals surface area contributed by atoms with Crippen LogP contribution in [0.3, 0.4) is 0 Å². The van der Waals surface area contributed by atoms with Crippen molar-refractivity contribution in [2.24, 2.45) is 0 Å². The van der Waals surface area contributed by atoms with Gasteiger partial charge in [0, 0.05) is 24.7 Å². The molecule has 0 amide bonds. The summed E-state index contributed by atoms with van der Waals surface area (Å²) in [7, 11) is 0. The van der Waals surface area contributed by atoms with Gasteiger partial charge in [0.25, 0.3) is 0 Å². The van der Waals surface area contributed by atoms with E-state index in [2.05, 4.69) is 17.6 Å². The molecular weight excluding hydrogens is 172 g/mol. The first-order valence-corrected chi connectivity index (χ1v) is 6.33. The molecule has 1 heterocycles. The fraction of sp³-hybridized carbons (Fsp3) is 1.00. The van der Waals surface area contributed by atoms with E-state index in [-0.39, 0.29) is 0 Å². The molecule has 0 aromatic heterocycles. The number of rotatable bonds is 4. The highest BCUT2D eigenvalue weighted by Gasteiger charge is 2.40. The zero-order valence-corrected chi connectivity index (χ0v) is 9.44. The Morgan fingerprint density at radius 3 is 2.79 bits per heavy atom. The van der Waals surface area contributed by atoms with Crippen LogP contribution in [0, 0.1) is 0 Å². The van der Waals surface area contributed by atoms with Crippen molar-refractivity contribution in [2.45, 2.75) is 63.5 Å². The highest BCUT2D eigenvalue weighted by Crippen LogP contribution is 2.33. The van der Waals surface area contributed by atoms with Gasteiger partial charge in [-0.2, -0.15) is 0 Å². The second kappa shape index (κ2) is 4.63.